The number of rotatable bonds is 12. The molecule has 1 aromatic heterocycles. The summed E-state index contributed by atoms with van der Waals surface area (Å²) in [7, 11) is 0. The van der Waals surface area contributed by atoms with Crippen LogP contribution in [0.3, 0.4) is 0 Å². The molecule has 1 heterocycles. The van der Waals surface area contributed by atoms with Crippen LogP contribution in [0, 0.1) is 5.92 Å². The first kappa shape index (κ1) is 36.7. The van der Waals surface area contributed by atoms with Gasteiger partial charge < -0.3 is 45.3 Å². The molecule has 8 N–H and O–H groups in total. The van der Waals surface area contributed by atoms with Gasteiger partial charge in [0.1, 0.15) is 42.9 Å². The van der Waals surface area contributed by atoms with E-state index < -0.39 is 61.6 Å². The zero-order valence-corrected chi connectivity index (χ0v) is 23.6. The lowest BCUT2D eigenvalue weighted by molar-refractivity contribution is -0.160. The fourth-order valence-electron chi connectivity index (χ4n) is 3.39. The van der Waals surface area contributed by atoms with Gasteiger partial charge >= 0.3 is 11.9 Å². The predicted octanol–water partition coefficient (Wildman–Crippen LogP) is 0.702. The van der Waals surface area contributed by atoms with E-state index in [0.717, 1.165) is 11.8 Å². The summed E-state index contributed by atoms with van der Waals surface area (Å²) in [6.07, 6.45) is -5.41. The molecule has 0 aliphatic heterocycles. The Labute approximate surface area is 231 Å². The lowest BCUT2D eigenvalue weighted by atomic mass is 10.1. The molecule has 2 aromatic rings. The minimum absolute atomic E-state index is 0.106. The first-order valence-electron chi connectivity index (χ1n) is 12.1. The van der Waals surface area contributed by atoms with Gasteiger partial charge in [0.15, 0.2) is 5.58 Å². The van der Waals surface area contributed by atoms with Crippen molar-refractivity contribution in [1.29, 1.82) is 0 Å². The number of aliphatic hydroxyl groups excluding tert-OH is 6. The second-order valence-electron chi connectivity index (χ2n) is 8.58. The molecule has 39 heavy (non-hydrogen) atoms. The van der Waals surface area contributed by atoms with E-state index in [1.54, 1.807) is 12.1 Å². The number of benzene rings is 1. The van der Waals surface area contributed by atoms with E-state index in [-0.39, 0.29) is 5.75 Å². The average Bonchev–Trinajstić information content (AvgIpc) is 3.18. The molecule has 0 fully saturated rings. The number of carbonyl (C=O) groups is 2. The fraction of sp³-hybridized carbons (Fsp3) is 0.625. The van der Waals surface area contributed by atoms with E-state index in [9.17, 15) is 9.59 Å². The number of fused-ring (bicyclic) bond motifs is 1. The Balaban J connectivity index is 0.000000616. The van der Waals surface area contributed by atoms with E-state index in [2.05, 4.69) is 4.98 Å². The van der Waals surface area contributed by atoms with Gasteiger partial charge in [-0.1, -0.05) is 23.9 Å². The smallest absolute Gasteiger partial charge is 0.307 e. The number of hydrogen-bond donors (Lipinski definition) is 8. The first-order chi connectivity index (χ1) is 18.0. The van der Waals surface area contributed by atoms with Crippen molar-refractivity contribution in [3.63, 3.8) is 0 Å². The maximum atomic E-state index is 10.9. The number of thioether (sulfide) groups is 1. The number of hydrogen-bond acceptors (Lipinski definition) is 13. The molecule has 0 amide bonds. The van der Waals surface area contributed by atoms with Crippen LogP contribution in [-0.2, 0) is 9.59 Å². The third kappa shape index (κ3) is 14.0. The Morgan fingerprint density at radius 1 is 0.795 bits per heavy atom. The molecule has 0 aliphatic carbocycles. The van der Waals surface area contributed by atoms with Crippen molar-refractivity contribution >= 4 is 34.8 Å². The summed E-state index contributed by atoms with van der Waals surface area (Å²) in [4.78, 5) is 28.0. The van der Waals surface area contributed by atoms with Crippen molar-refractivity contribution in [1.82, 2.24) is 14.8 Å². The zero-order chi connectivity index (χ0) is 30.4. The van der Waals surface area contributed by atoms with Gasteiger partial charge in [-0.25, -0.2) is 14.8 Å². The van der Waals surface area contributed by atoms with Crippen molar-refractivity contribution in [3.8, 4) is 0 Å². The molecule has 0 saturated heterocycles. The Hall–Kier alpha value is -2.34. The molecular weight excluding hydrogens is 538 g/mol. The van der Waals surface area contributed by atoms with E-state index in [1.165, 1.54) is 51.3 Å². The van der Waals surface area contributed by atoms with Gasteiger partial charge in [0.2, 0.25) is 0 Å². The van der Waals surface area contributed by atoms with Crippen LogP contribution in [0.25, 0.3) is 11.1 Å². The Kier molecular flexibility index (Phi) is 17.0. The zero-order valence-electron chi connectivity index (χ0n) is 22.8. The minimum Gasteiger partial charge on any atom is -0.481 e. The van der Waals surface area contributed by atoms with E-state index in [4.69, 9.17) is 45.3 Å². The van der Waals surface area contributed by atoms with Gasteiger partial charge in [0, 0.05) is 5.75 Å². The molecule has 14 nitrogen and oxygen atoms in total. The van der Waals surface area contributed by atoms with Crippen molar-refractivity contribution in [2.24, 2.45) is 5.92 Å². The largest absolute Gasteiger partial charge is 0.481 e. The number of nitrogens with zero attached hydrogens (tertiary/aromatic N) is 3. The summed E-state index contributed by atoms with van der Waals surface area (Å²) in [6.45, 7) is 8.91. The van der Waals surface area contributed by atoms with Crippen LogP contribution in [-0.4, -0.2) is 111 Å². The maximum absolute atomic E-state index is 10.9. The van der Waals surface area contributed by atoms with Gasteiger partial charge in [0.25, 0.3) is 5.22 Å². The molecule has 0 saturated carbocycles. The van der Waals surface area contributed by atoms with Crippen molar-refractivity contribution < 1.29 is 54.9 Å². The van der Waals surface area contributed by atoms with E-state index in [0.29, 0.717) is 16.3 Å². The molecule has 15 heteroatoms. The molecule has 2 rings (SSSR count). The molecule has 0 bridgehead atoms. The molecule has 0 aliphatic rings. The molecule has 7 atom stereocenters. The summed E-state index contributed by atoms with van der Waals surface area (Å²) in [5, 5.41) is 71.6. The molecule has 224 valence electrons. The lowest BCUT2D eigenvalue weighted by Gasteiger charge is -2.30. The number of aliphatic carboxylic acids is 2. The van der Waals surface area contributed by atoms with Gasteiger partial charge in [-0.05, 0) is 53.7 Å². The monoisotopic (exact) mass is 579 g/mol. The number of aliphatic hydroxyl groups is 6. The number of carboxylic acid groups (broad SMARTS) is 2. The quantitative estimate of drug-likeness (QED) is 0.128. The highest BCUT2D eigenvalue weighted by molar-refractivity contribution is 7.99. The van der Waals surface area contributed by atoms with Crippen LogP contribution in [0.4, 0.5) is 0 Å². The van der Waals surface area contributed by atoms with Crippen molar-refractivity contribution in [3.05, 3.63) is 24.3 Å². The number of oxazole rings is 1. The molecule has 1 aromatic carbocycles. The van der Waals surface area contributed by atoms with Crippen molar-refractivity contribution in [2.75, 3.05) is 5.75 Å². The van der Waals surface area contributed by atoms with Crippen LogP contribution in [0.1, 0.15) is 48.0 Å². The number of aromatic nitrogens is 1. The van der Waals surface area contributed by atoms with Crippen LogP contribution in [0.5, 0.6) is 0 Å². The molecule has 7 unspecified atom stereocenters. The first-order valence-corrected chi connectivity index (χ1v) is 13.0. The lowest BCUT2D eigenvalue weighted by Crippen LogP contribution is -2.45. The highest BCUT2D eigenvalue weighted by atomic mass is 32.2. The highest BCUT2D eigenvalue weighted by Gasteiger charge is 2.23. The topological polar surface area (TPSA) is 228 Å². The Bertz CT molecular complexity index is 888. The summed E-state index contributed by atoms with van der Waals surface area (Å²) in [5.41, 5.74) is 1.31. The standard InChI is InChI=1S/C12H11NO5S.2C6H15NO3/c14-10(15)5-7(11(16)17)6-19-12-13-8-3-1-2-4-9(8)18-12;2*1-4(8)7(5(2)9)6(3)10/h1-4,7H,5-6H2,(H,14,15)(H,16,17);2*4-6,8-10H,1-3H3. The third-order valence-electron chi connectivity index (χ3n) is 5.04. The molecule has 0 spiro atoms. The van der Waals surface area contributed by atoms with Gasteiger partial charge in [-0.2, -0.15) is 0 Å². The second-order valence-corrected chi connectivity index (χ2v) is 9.55. The van der Waals surface area contributed by atoms with Crippen LogP contribution in [0.2, 0.25) is 0 Å². The maximum Gasteiger partial charge on any atom is 0.307 e. The van der Waals surface area contributed by atoms with Crippen LogP contribution >= 0.6 is 11.8 Å². The second kappa shape index (κ2) is 18.1. The third-order valence-corrected chi connectivity index (χ3v) is 6.03. The predicted molar refractivity (Wildman–Crippen MR) is 142 cm³/mol. The highest BCUT2D eigenvalue weighted by Crippen LogP contribution is 2.25. The summed E-state index contributed by atoms with van der Waals surface area (Å²) in [5.74, 6) is -3.12. The number of para-hydroxylation sites is 2. The summed E-state index contributed by atoms with van der Waals surface area (Å²) < 4.78 is 5.41. The Morgan fingerprint density at radius 2 is 1.21 bits per heavy atom. The summed E-state index contributed by atoms with van der Waals surface area (Å²) >= 11 is 1.10. The van der Waals surface area contributed by atoms with Gasteiger partial charge in [0.05, 0.1) is 12.3 Å². The average molecular weight is 580 g/mol. The SMILES string of the molecule is CC(O)N(C(C)O)C(C)O.CC(O)N(C(C)O)C(C)O.O=C(O)CC(CSc1nc2ccccc2o1)C(=O)O. The van der Waals surface area contributed by atoms with Crippen molar-refractivity contribution in [2.45, 2.75) is 90.6 Å². The summed E-state index contributed by atoms with van der Waals surface area (Å²) in [6, 6.07) is 7.18. The van der Waals surface area contributed by atoms with Gasteiger partial charge in [-0.15, -0.1) is 0 Å². The number of carboxylic acids is 2. The van der Waals surface area contributed by atoms with E-state index in [1.807, 2.05) is 12.1 Å². The normalized spacial score (nSPS) is 16.7. The van der Waals surface area contributed by atoms with Gasteiger partial charge in [-0.3, -0.25) is 9.59 Å². The molecule has 0 radical (unpaired) electrons. The Morgan fingerprint density at radius 3 is 1.51 bits per heavy atom. The molecular formula is C24H41N3O11S. The van der Waals surface area contributed by atoms with Crippen LogP contribution < -0.4 is 0 Å². The van der Waals surface area contributed by atoms with Crippen LogP contribution in [0.15, 0.2) is 33.9 Å². The van der Waals surface area contributed by atoms with E-state index >= 15 is 0 Å². The minimum atomic E-state index is -1.13. The fourth-order valence-corrected chi connectivity index (χ4v) is 4.30.